The van der Waals surface area contributed by atoms with Crippen molar-refractivity contribution in [2.45, 2.75) is 32.7 Å². The van der Waals surface area contributed by atoms with Crippen molar-refractivity contribution in [2.75, 3.05) is 0 Å². The Bertz CT molecular complexity index is 805. The van der Waals surface area contributed by atoms with E-state index in [1.165, 1.54) is 36.4 Å². The number of aromatic hydroxyl groups is 3. The van der Waals surface area contributed by atoms with Crippen molar-refractivity contribution in [3.8, 4) is 23.0 Å². The standard InChI is InChI=1S/C19H22N2O6/c1-2-3-4-16(24)27-18-15(23)10-7-13(17(18)25)11-20-21-19(26)12-5-8-14(22)9-6-12/h5-10,20,22-23,25H,2-4,11H2,1H3,(H,21,26). The van der Waals surface area contributed by atoms with Gasteiger partial charge in [0.1, 0.15) is 5.75 Å². The summed E-state index contributed by atoms with van der Waals surface area (Å²) in [6, 6.07) is 8.42. The monoisotopic (exact) mass is 374 g/mol. The molecular formula is C19H22N2O6. The summed E-state index contributed by atoms with van der Waals surface area (Å²) in [5, 5.41) is 29.3. The molecule has 8 nitrogen and oxygen atoms in total. The zero-order chi connectivity index (χ0) is 19.8. The van der Waals surface area contributed by atoms with Gasteiger partial charge in [0.2, 0.25) is 5.75 Å². The predicted octanol–water partition coefficient (Wildman–Crippen LogP) is 2.33. The third kappa shape index (κ3) is 5.61. The summed E-state index contributed by atoms with van der Waals surface area (Å²) in [5.41, 5.74) is 5.74. The Kier molecular flexibility index (Phi) is 7.01. The summed E-state index contributed by atoms with van der Waals surface area (Å²) < 4.78 is 5.05. The molecule has 144 valence electrons. The molecule has 0 unspecified atom stereocenters. The van der Waals surface area contributed by atoms with Gasteiger partial charge in [-0.15, -0.1) is 0 Å². The van der Waals surface area contributed by atoms with E-state index in [1.807, 2.05) is 6.92 Å². The van der Waals surface area contributed by atoms with Crippen LogP contribution in [0.2, 0.25) is 0 Å². The van der Waals surface area contributed by atoms with E-state index in [9.17, 15) is 24.9 Å². The summed E-state index contributed by atoms with van der Waals surface area (Å²) >= 11 is 0. The number of amides is 1. The second kappa shape index (κ2) is 9.44. The lowest BCUT2D eigenvalue weighted by atomic mass is 10.1. The number of benzene rings is 2. The highest BCUT2D eigenvalue weighted by atomic mass is 16.5. The SMILES string of the molecule is CCCCC(=O)Oc1c(O)ccc(CNNC(=O)c2ccc(O)cc2)c1O. The van der Waals surface area contributed by atoms with Crippen LogP contribution in [0.5, 0.6) is 23.0 Å². The van der Waals surface area contributed by atoms with Gasteiger partial charge in [-0.3, -0.25) is 15.0 Å². The third-order valence-corrected chi connectivity index (χ3v) is 3.75. The second-order valence-corrected chi connectivity index (χ2v) is 5.85. The molecule has 0 heterocycles. The number of carbonyl (C=O) groups excluding carboxylic acids is 2. The maximum atomic E-state index is 12.0. The van der Waals surface area contributed by atoms with E-state index in [4.69, 9.17) is 4.74 Å². The normalized spacial score (nSPS) is 10.4. The molecule has 0 fully saturated rings. The Morgan fingerprint density at radius 2 is 1.74 bits per heavy atom. The Morgan fingerprint density at radius 3 is 2.41 bits per heavy atom. The molecule has 0 atom stereocenters. The average molecular weight is 374 g/mol. The van der Waals surface area contributed by atoms with Crippen LogP contribution in [0.4, 0.5) is 0 Å². The molecule has 0 aliphatic carbocycles. The first-order chi connectivity index (χ1) is 12.9. The van der Waals surface area contributed by atoms with Gasteiger partial charge >= 0.3 is 5.97 Å². The molecule has 0 radical (unpaired) electrons. The lowest BCUT2D eigenvalue weighted by molar-refractivity contribution is -0.134. The van der Waals surface area contributed by atoms with Crippen molar-refractivity contribution in [3.63, 3.8) is 0 Å². The highest BCUT2D eigenvalue weighted by molar-refractivity contribution is 5.93. The molecule has 2 rings (SSSR count). The van der Waals surface area contributed by atoms with E-state index in [-0.39, 0.29) is 36.0 Å². The minimum absolute atomic E-state index is 0.0233. The Balaban J connectivity index is 1.98. The number of hydrogen-bond acceptors (Lipinski definition) is 7. The Hall–Kier alpha value is -3.26. The fourth-order valence-corrected chi connectivity index (χ4v) is 2.24. The van der Waals surface area contributed by atoms with Crippen LogP contribution in [-0.4, -0.2) is 27.2 Å². The van der Waals surface area contributed by atoms with Gasteiger partial charge in [-0.1, -0.05) is 19.4 Å². The van der Waals surface area contributed by atoms with Crippen LogP contribution >= 0.6 is 0 Å². The van der Waals surface area contributed by atoms with Crippen LogP contribution in [0, 0.1) is 0 Å². The summed E-state index contributed by atoms with van der Waals surface area (Å²) in [4.78, 5) is 23.7. The first-order valence-corrected chi connectivity index (χ1v) is 8.49. The number of phenolic OH excluding ortho intramolecular Hbond substituents is 3. The van der Waals surface area contributed by atoms with E-state index in [2.05, 4.69) is 10.9 Å². The number of phenols is 3. The van der Waals surface area contributed by atoms with E-state index in [1.54, 1.807) is 0 Å². The van der Waals surface area contributed by atoms with Gasteiger partial charge in [-0.05, 0) is 36.8 Å². The summed E-state index contributed by atoms with van der Waals surface area (Å²) in [5.74, 6) is -1.97. The second-order valence-electron chi connectivity index (χ2n) is 5.85. The molecule has 5 N–H and O–H groups in total. The van der Waals surface area contributed by atoms with E-state index in [0.717, 1.165) is 6.42 Å². The van der Waals surface area contributed by atoms with Crippen LogP contribution < -0.4 is 15.6 Å². The molecule has 1 amide bonds. The summed E-state index contributed by atoms with van der Waals surface area (Å²) in [7, 11) is 0. The zero-order valence-electron chi connectivity index (χ0n) is 14.9. The number of ether oxygens (including phenoxy) is 1. The van der Waals surface area contributed by atoms with Gasteiger partial charge in [0, 0.05) is 24.1 Å². The number of carbonyl (C=O) groups is 2. The molecule has 2 aromatic rings. The predicted molar refractivity (Wildman–Crippen MR) is 97.3 cm³/mol. The maximum Gasteiger partial charge on any atom is 0.311 e. The number of hydrazine groups is 1. The van der Waals surface area contributed by atoms with Crippen molar-refractivity contribution in [2.24, 2.45) is 0 Å². The molecule has 0 saturated carbocycles. The highest BCUT2D eigenvalue weighted by Gasteiger charge is 2.17. The van der Waals surface area contributed by atoms with E-state index in [0.29, 0.717) is 17.5 Å². The van der Waals surface area contributed by atoms with Crippen molar-refractivity contribution in [1.29, 1.82) is 0 Å². The molecule has 0 saturated heterocycles. The van der Waals surface area contributed by atoms with Crippen LogP contribution in [0.3, 0.4) is 0 Å². The molecule has 2 aromatic carbocycles. The fourth-order valence-electron chi connectivity index (χ4n) is 2.24. The van der Waals surface area contributed by atoms with Crippen molar-refractivity contribution >= 4 is 11.9 Å². The minimum atomic E-state index is -0.548. The quantitative estimate of drug-likeness (QED) is 0.272. The molecule has 0 aliphatic heterocycles. The molecular weight excluding hydrogens is 352 g/mol. The number of rotatable bonds is 8. The molecule has 0 aromatic heterocycles. The van der Waals surface area contributed by atoms with Gasteiger partial charge in [0.25, 0.3) is 5.91 Å². The number of esters is 1. The molecule has 8 heteroatoms. The molecule has 0 aliphatic rings. The van der Waals surface area contributed by atoms with Gasteiger partial charge < -0.3 is 20.1 Å². The van der Waals surface area contributed by atoms with Gasteiger partial charge in [0.05, 0.1) is 0 Å². The molecule has 0 bridgehead atoms. The highest BCUT2D eigenvalue weighted by Crippen LogP contribution is 2.38. The fraction of sp³-hybridized carbons (Fsp3) is 0.263. The smallest absolute Gasteiger partial charge is 0.311 e. The van der Waals surface area contributed by atoms with Crippen LogP contribution in [-0.2, 0) is 11.3 Å². The zero-order valence-corrected chi connectivity index (χ0v) is 14.9. The average Bonchev–Trinajstić information content (AvgIpc) is 2.65. The number of nitrogens with one attached hydrogen (secondary N) is 2. The minimum Gasteiger partial charge on any atom is -0.508 e. The van der Waals surface area contributed by atoms with Crippen molar-refractivity contribution in [1.82, 2.24) is 10.9 Å². The summed E-state index contributed by atoms with van der Waals surface area (Å²) in [6.07, 6.45) is 1.64. The molecule has 27 heavy (non-hydrogen) atoms. The van der Waals surface area contributed by atoms with Gasteiger partial charge in [0.15, 0.2) is 11.5 Å². The van der Waals surface area contributed by atoms with Gasteiger partial charge in [-0.2, -0.15) is 0 Å². The third-order valence-electron chi connectivity index (χ3n) is 3.75. The van der Waals surface area contributed by atoms with Crippen molar-refractivity contribution < 1.29 is 29.6 Å². The summed E-state index contributed by atoms with van der Waals surface area (Å²) in [6.45, 7) is 1.95. The first kappa shape index (κ1) is 20.1. The van der Waals surface area contributed by atoms with Crippen molar-refractivity contribution in [3.05, 3.63) is 47.5 Å². The maximum absolute atomic E-state index is 12.0. The number of hydrogen-bond donors (Lipinski definition) is 5. The van der Waals surface area contributed by atoms with Crippen LogP contribution in [0.15, 0.2) is 36.4 Å². The van der Waals surface area contributed by atoms with E-state index >= 15 is 0 Å². The van der Waals surface area contributed by atoms with Gasteiger partial charge in [-0.25, -0.2) is 5.43 Å². The van der Waals surface area contributed by atoms with Crippen LogP contribution in [0.1, 0.15) is 42.1 Å². The Morgan fingerprint density at radius 1 is 1.04 bits per heavy atom. The molecule has 0 spiro atoms. The Labute approximate surface area is 156 Å². The number of unbranched alkanes of at least 4 members (excludes halogenated alkanes) is 1. The lowest BCUT2D eigenvalue weighted by Gasteiger charge is -2.13. The van der Waals surface area contributed by atoms with Crippen LogP contribution in [0.25, 0.3) is 0 Å². The lowest BCUT2D eigenvalue weighted by Crippen LogP contribution is -2.36. The van der Waals surface area contributed by atoms with E-state index < -0.39 is 11.9 Å². The topological polar surface area (TPSA) is 128 Å². The first-order valence-electron chi connectivity index (χ1n) is 8.49. The largest absolute Gasteiger partial charge is 0.508 e.